The molecule has 6 atom stereocenters. The first-order valence-corrected chi connectivity index (χ1v) is 16.5. The third-order valence-electron chi connectivity index (χ3n) is 5.28. The highest BCUT2D eigenvalue weighted by Crippen LogP contribution is 2.41. The predicted molar refractivity (Wildman–Crippen MR) is 141 cm³/mol. The van der Waals surface area contributed by atoms with Crippen LogP contribution < -0.4 is 22.5 Å². The van der Waals surface area contributed by atoms with E-state index in [1.54, 1.807) is 27.2 Å². The van der Waals surface area contributed by atoms with Crippen molar-refractivity contribution in [3.05, 3.63) is 65.2 Å². The number of nitrogens with zero attached hydrogens (tertiary/aromatic N) is 2. The number of thioether (sulfide) groups is 2. The Hall–Kier alpha value is -1.82. The van der Waals surface area contributed by atoms with E-state index in [1.807, 2.05) is 0 Å². The minimum absolute atomic E-state index is 0.151. The van der Waals surface area contributed by atoms with Gasteiger partial charge in [-0.2, -0.15) is 0 Å². The van der Waals surface area contributed by atoms with Crippen LogP contribution in [0.1, 0.15) is 11.1 Å². The smallest absolute Gasteiger partial charge is 0.321 e. The highest BCUT2D eigenvalue weighted by atomic mass is 32.2. The van der Waals surface area contributed by atoms with Crippen molar-refractivity contribution in [2.24, 2.45) is 0 Å². The minimum Gasteiger partial charge on any atom is -0.321 e. The monoisotopic (exact) mass is 578 g/mol. The van der Waals surface area contributed by atoms with Crippen LogP contribution in [0.15, 0.2) is 31.6 Å². The molecule has 2 N–H and O–H groups in total. The molecular weight excluding hydrogens is 550 g/mol. The van der Waals surface area contributed by atoms with Crippen LogP contribution in [-0.4, -0.2) is 66.5 Å². The van der Waals surface area contributed by atoms with Crippen LogP contribution in [0.2, 0.25) is 0 Å². The van der Waals surface area contributed by atoms with Crippen LogP contribution >= 0.6 is 39.1 Å². The number of hydrogen-bond donors (Lipinski definition) is 2. The van der Waals surface area contributed by atoms with Gasteiger partial charge in [0, 0.05) is 35.0 Å². The fourth-order valence-corrected chi connectivity index (χ4v) is 7.88. The Kier molecular flexibility index (Phi) is 10.1. The molecule has 2 fully saturated rings. The van der Waals surface area contributed by atoms with Gasteiger partial charge in [0.1, 0.15) is 13.3 Å². The van der Waals surface area contributed by atoms with E-state index in [0.29, 0.717) is 29.2 Å². The average molecular weight is 579 g/mol. The van der Waals surface area contributed by atoms with Gasteiger partial charge in [0.2, 0.25) is 0 Å². The summed E-state index contributed by atoms with van der Waals surface area (Å²) in [5, 5.41) is -0.617. The zero-order valence-corrected chi connectivity index (χ0v) is 23.6. The third-order valence-corrected chi connectivity index (χ3v) is 11.3. The summed E-state index contributed by atoms with van der Waals surface area (Å²) in [7, 11) is -2.78. The number of hydrogen-bond acceptors (Lipinski definition) is 10. The summed E-state index contributed by atoms with van der Waals surface area (Å²) in [5.41, 5.74) is -0.590. The number of aromatic nitrogens is 4. The van der Waals surface area contributed by atoms with Gasteiger partial charge in [0.05, 0.1) is 25.3 Å². The predicted octanol–water partition coefficient (Wildman–Crippen LogP) is 1.44. The fraction of sp³-hybridized carbons (Fsp3) is 0.600. The summed E-state index contributed by atoms with van der Waals surface area (Å²) >= 11 is 2.96. The number of rotatable bonds is 6. The molecular formula is C20H28N4O8P2S2+2. The molecule has 36 heavy (non-hydrogen) atoms. The van der Waals surface area contributed by atoms with Crippen molar-refractivity contribution in [2.45, 2.75) is 49.5 Å². The van der Waals surface area contributed by atoms with E-state index in [4.69, 9.17) is 9.47 Å². The maximum Gasteiger partial charge on any atom is 0.378 e. The van der Waals surface area contributed by atoms with Gasteiger partial charge < -0.3 is 14.5 Å². The second kappa shape index (κ2) is 12.6. The normalized spacial score (nSPS) is 24.2. The van der Waals surface area contributed by atoms with E-state index >= 15 is 0 Å². The van der Waals surface area contributed by atoms with Gasteiger partial charge in [-0.3, -0.25) is 23.7 Å². The number of H-pyrrole nitrogens is 2. The van der Waals surface area contributed by atoms with Crippen molar-refractivity contribution in [3.8, 4) is 0 Å². The molecule has 4 heterocycles. The highest BCUT2D eigenvalue weighted by molar-refractivity contribution is 8.04. The lowest BCUT2D eigenvalue weighted by molar-refractivity contribution is 0.0883. The average Bonchev–Trinajstić information content (AvgIpc) is 3.48. The molecule has 0 aliphatic carbocycles. The Morgan fingerprint density at radius 1 is 0.917 bits per heavy atom. The summed E-state index contributed by atoms with van der Waals surface area (Å²) in [6, 6.07) is 0. The second-order valence-corrected chi connectivity index (χ2v) is 14.3. The molecule has 0 aromatic carbocycles. The van der Waals surface area contributed by atoms with Gasteiger partial charge in [-0.05, 0) is 13.8 Å². The van der Waals surface area contributed by atoms with E-state index in [9.17, 15) is 28.3 Å². The van der Waals surface area contributed by atoms with Gasteiger partial charge in [-0.25, -0.2) is 9.59 Å². The van der Waals surface area contributed by atoms with Crippen LogP contribution in [0.25, 0.3) is 0 Å². The van der Waals surface area contributed by atoms with Crippen molar-refractivity contribution < 1.29 is 18.6 Å². The van der Waals surface area contributed by atoms with Crippen molar-refractivity contribution in [3.63, 3.8) is 0 Å². The Morgan fingerprint density at radius 2 is 1.47 bits per heavy atom. The molecule has 0 radical (unpaired) electrons. The number of aryl methyl sites for hydroxylation is 2. The number of nitrogens with one attached hydrogen (secondary N) is 2. The molecule has 12 nitrogen and oxygen atoms in total. The van der Waals surface area contributed by atoms with Crippen LogP contribution in [0.4, 0.5) is 0 Å². The summed E-state index contributed by atoms with van der Waals surface area (Å²) in [5.74, 6) is 1.34. The second-order valence-electron chi connectivity index (χ2n) is 8.31. The Morgan fingerprint density at radius 3 is 2.00 bits per heavy atom. The van der Waals surface area contributed by atoms with Gasteiger partial charge in [-0.1, -0.05) is 32.7 Å². The van der Waals surface area contributed by atoms with Crippen LogP contribution in [-0.2, 0) is 31.7 Å². The summed E-state index contributed by atoms with van der Waals surface area (Å²) in [6.45, 7) is 7.09. The quantitative estimate of drug-likeness (QED) is 0.480. The van der Waals surface area contributed by atoms with E-state index in [-0.39, 0.29) is 40.2 Å². The molecule has 2 saturated heterocycles. The zero-order chi connectivity index (χ0) is 26.6. The zero-order valence-electron chi connectivity index (χ0n) is 20.2. The summed E-state index contributed by atoms with van der Waals surface area (Å²) < 4.78 is 36.3. The molecule has 4 rings (SSSR count). The van der Waals surface area contributed by atoms with Gasteiger partial charge in [-0.15, -0.1) is 0 Å². The highest BCUT2D eigenvalue weighted by Gasteiger charge is 2.38. The third kappa shape index (κ3) is 7.36. The topological polar surface area (TPSA) is 162 Å². The van der Waals surface area contributed by atoms with Crippen LogP contribution in [0.5, 0.6) is 0 Å². The number of ether oxygens (including phenoxy) is 2. The first-order chi connectivity index (χ1) is 17.0. The van der Waals surface area contributed by atoms with Crippen LogP contribution in [0.3, 0.4) is 0 Å². The van der Waals surface area contributed by atoms with Crippen LogP contribution in [0, 0.1) is 13.8 Å². The van der Waals surface area contributed by atoms with Crippen molar-refractivity contribution in [1.29, 1.82) is 0 Å². The summed E-state index contributed by atoms with van der Waals surface area (Å²) in [6.07, 6.45) is 2.52. The summed E-state index contributed by atoms with van der Waals surface area (Å²) in [4.78, 5) is 51.0. The SMILES string of the molecule is Cc1c[nH]c(=O)n(CC2CSC([P+](C)=O)O2)c1=O.Cc1cn(CC2CSC([P+](C)=O)O2)c(=O)[nH]c1=O. The lowest BCUT2D eigenvalue weighted by Gasteiger charge is -2.10. The van der Waals surface area contributed by atoms with Gasteiger partial charge >= 0.3 is 37.3 Å². The molecule has 16 heteroatoms. The lowest BCUT2D eigenvalue weighted by atomic mass is 10.3. The number of aromatic amines is 2. The molecule has 6 unspecified atom stereocenters. The standard InChI is InChI=1S/2C10H13N2O4PS/c1-6-3-12(9(14)11-8(6)13)4-7-5-18-10(16-7)17(2)15;1-6-3-11-9(14)12(8(6)13)4-7-5-18-10(16-7)17(2)15/h2*3,7,10H,4-5H2,1-2H3/p+2. The Balaban J connectivity index is 0.000000201. The maximum absolute atomic E-state index is 11.8. The molecule has 0 amide bonds. The lowest BCUT2D eigenvalue weighted by Crippen LogP contribution is -2.39. The largest absolute Gasteiger partial charge is 0.378 e. The van der Waals surface area contributed by atoms with Crippen molar-refractivity contribution in [1.82, 2.24) is 19.1 Å². The molecule has 2 aromatic heterocycles. The molecule has 2 aliphatic rings. The molecule has 0 spiro atoms. The maximum atomic E-state index is 11.8. The fourth-order valence-electron chi connectivity index (χ4n) is 3.40. The van der Waals surface area contributed by atoms with E-state index in [2.05, 4.69) is 9.97 Å². The molecule has 2 aromatic rings. The molecule has 196 valence electrons. The molecule has 0 saturated carbocycles. The van der Waals surface area contributed by atoms with Gasteiger partial charge in [0.15, 0.2) is 0 Å². The van der Waals surface area contributed by atoms with E-state index in [0.717, 1.165) is 4.57 Å². The first-order valence-electron chi connectivity index (χ1n) is 10.9. The molecule has 0 bridgehead atoms. The van der Waals surface area contributed by atoms with Crippen molar-refractivity contribution >= 4 is 39.1 Å². The van der Waals surface area contributed by atoms with Gasteiger partial charge in [0.25, 0.3) is 11.1 Å². The van der Waals surface area contributed by atoms with E-state index < -0.39 is 27.0 Å². The van der Waals surface area contributed by atoms with E-state index in [1.165, 1.54) is 40.5 Å². The Labute approximate surface area is 216 Å². The Bertz CT molecular complexity index is 1370. The van der Waals surface area contributed by atoms with Crippen molar-refractivity contribution in [2.75, 3.05) is 24.8 Å². The molecule has 2 aliphatic heterocycles. The minimum atomic E-state index is -1.41. The first kappa shape index (κ1) is 28.7.